The predicted octanol–water partition coefficient (Wildman–Crippen LogP) is 3.46. The van der Waals surface area contributed by atoms with Gasteiger partial charge in [0, 0.05) is 11.6 Å². The molecule has 7 nitrogen and oxygen atoms in total. The number of nitro benzene ring substituents is 1. The first-order chi connectivity index (χ1) is 9.92. The van der Waals surface area contributed by atoms with Crippen LogP contribution in [0.1, 0.15) is 11.4 Å². The molecule has 0 bridgehead atoms. The van der Waals surface area contributed by atoms with Crippen LogP contribution in [0.15, 0.2) is 18.2 Å². The molecule has 2 rings (SSSR count). The van der Waals surface area contributed by atoms with E-state index >= 15 is 0 Å². The van der Waals surface area contributed by atoms with E-state index < -0.39 is 4.92 Å². The molecule has 0 atom stereocenters. The number of hydrogen-bond donors (Lipinski definition) is 0. The topological polar surface area (TPSA) is 87.4 Å². The van der Waals surface area contributed by atoms with Gasteiger partial charge in [-0.15, -0.1) is 0 Å². The molecule has 1 heterocycles. The first-order valence-corrected chi connectivity index (χ1v) is 6.31. The van der Waals surface area contributed by atoms with Gasteiger partial charge in [0.05, 0.1) is 18.1 Å². The molecule has 0 aliphatic heterocycles. The maximum atomic E-state index is 10.8. The van der Waals surface area contributed by atoms with Gasteiger partial charge >= 0.3 is 0 Å². The number of hydrogen-bond acceptors (Lipinski definition) is 6. The summed E-state index contributed by atoms with van der Waals surface area (Å²) >= 11 is 5.97. The Hall–Kier alpha value is -2.41. The third-order valence-corrected chi connectivity index (χ3v) is 3.09. The summed E-state index contributed by atoms with van der Waals surface area (Å²) in [6, 6.07) is 4.05. The first kappa shape index (κ1) is 15.0. The summed E-state index contributed by atoms with van der Waals surface area (Å²) in [5.74, 6) is 1.28. The van der Waals surface area contributed by atoms with E-state index in [4.69, 9.17) is 21.1 Å². The van der Waals surface area contributed by atoms with Crippen LogP contribution in [0.3, 0.4) is 0 Å². The van der Waals surface area contributed by atoms with Crippen LogP contribution < -0.4 is 9.47 Å². The van der Waals surface area contributed by atoms with Crippen molar-refractivity contribution in [3.05, 3.63) is 44.9 Å². The summed E-state index contributed by atoms with van der Waals surface area (Å²) in [4.78, 5) is 18.4. The Morgan fingerprint density at radius 2 is 1.95 bits per heavy atom. The average Bonchev–Trinajstić information content (AvgIpc) is 2.44. The van der Waals surface area contributed by atoms with Crippen LogP contribution in [0.25, 0.3) is 0 Å². The van der Waals surface area contributed by atoms with Gasteiger partial charge in [0.25, 0.3) is 5.69 Å². The fourth-order valence-corrected chi connectivity index (χ4v) is 1.83. The van der Waals surface area contributed by atoms with Gasteiger partial charge < -0.3 is 9.47 Å². The van der Waals surface area contributed by atoms with E-state index in [0.717, 1.165) is 0 Å². The third kappa shape index (κ3) is 3.19. The highest BCUT2D eigenvalue weighted by molar-refractivity contribution is 6.30. The average molecular weight is 310 g/mol. The van der Waals surface area contributed by atoms with Crippen molar-refractivity contribution in [2.24, 2.45) is 0 Å². The van der Waals surface area contributed by atoms with Crippen molar-refractivity contribution in [2.75, 3.05) is 7.11 Å². The van der Waals surface area contributed by atoms with Gasteiger partial charge in [-0.2, -0.15) is 4.98 Å². The molecule has 0 saturated carbocycles. The van der Waals surface area contributed by atoms with Crippen molar-refractivity contribution >= 4 is 17.3 Å². The third-order valence-electron chi connectivity index (χ3n) is 2.72. The number of ether oxygens (including phenoxy) is 2. The fraction of sp³-hybridized carbons (Fsp3) is 0.231. The molecular formula is C13H12ClN3O4. The zero-order valence-electron chi connectivity index (χ0n) is 11.6. The van der Waals surface area contributed by atoms with Crippen molar-refractivity contribution < 1.29 is 14.4 Å². The van der Waals surface area contributed by atoms with Crippen LogP contribution in [0.5, 0.6) is 17.4 Å². The number of nitro groups is 1. The number of rotatable bonds is 4. The van der Waals surface area contributed by atoms with Crippen LogP contribution >= 0.6 is 11.6 Å². The van der Waals surface area contributed by atoms with Crippen molar-refractivity contribution in [3.8, 4) is 17.4 Å². The second kappa shape index (κ2) is 5.92. The summed E-state index contributed by atoms with van der Waals surface area (Å²) < 4.78 is 10.7. The molecular weight excluding hydrogens is 298 g/mol. The standard InChI is InChI=1S/C13H12ClN3O4/c1-7-12(14)15-8(2)16-13(7)21-10-5-4-9(17(18)19)6-11(10)20-3/h4-6H,1-3H3. The molecule has 0 N–H and O–H groups in total. The van der Waals surface area contributed by atoms with Crippen molar-refractivity contribution in [1.29, 1.82) is 0 Å². The SMILES string of the molecule is COc1cc([N+](=O)[O-])ccc1Oc1nc(C)nc(Cl)c1C. The van der Waals surface area contributed by atoms with Crippen LogP contribution in [0.2, 0.25) is 5.15 Å². The van der Waals surface area contributed by atoms with E-state index in [1.807, 2.05) is 0 Å². The molecule has 0 amide bonds. The highest BCUT2D eigenvalue weighted by Gasteiger charge is 2.16. The van der Waals surface area contributed by atoms with Gasteiger partial charge in [-0.25, -0.2) is 4.98 Å². The van der Waals surface area contributed by atoms with E-state index in [-0.39, 0.29) is 17.3 Å². The number of nitrogens with zero attached hydrogens (tertiary/aromatic N) is 3. The number of non-ortho nitro benzene ring substituents is 1. The summed E-state index contributed by atoms with van der Waals surface area (Å²) in [5.41, 5.74) is 0.482. The summed E-state index contributed by atoms with van der Waals surface area (Å²) in [5, 5.41) is 11.0. The van der Waals surface area contributed by atoms with E-state index in [2.05, 4.69) is 9.97 Å². The molecule has 110 valence electrons. The van der Waals surface area contributed by atoms with Gasteiger partial charge in [0.1, 0.15) is 11.0 Å². The summed E-state index contributed by atoms with van der Waals surface area (Å²) in [6.45, 7) is 3.40. The lowest BCUT2D eigenvalue weighted by molar-refractivity contribution is -0.384. The molecule has 2 aromatic rings. The van der Waals surface area contributed by atoms with Crippen LogP contribution in [-0.2, 0) is 0 Å². The van der Waals surface area contributed by atoms with E-state index in [9.17, 15) is 10.1 Å². The summed E-state index contributed by atoms with van der Waals surface area (Å²) in [7, 11) is 1.40. The predicted molar refractivity (Wildman–Crippen MR) is 76.2 cm³/mol. The molecule has 0 aliphatic rings. The Labute approximate surface area is 125 Å². The molecule has 0 aliphatic carbocycles. The van der Waals surface area contributed by atoms with Crippen LogP contribution in [-0.4, -0.2) is 22.0 Å². The first-order valence-electron chi connectivity index (χ1n) is 5.93. The highest BCUT2D eigenvalue weighted by Crippen LogP contribution is 2.35. The molecule has 1 aromatic carbocycles. The highest BCUT2D eigenvalue weighted by atomic mass is 35.5. The van der Waals surface area contributed by atoms with Gasteiger partial charge in [0.15, 0.2) is 11.5 Å². The maximum Gasteiger partial charge on any atom is 0.273 e. The molecule has 0 unspecified atom stereocenters. The zero-order chi connectivity index (χ0) is 15.6. The van der Waals surface area contributed by atoms with Crippen molar-refractivity contribution in [3.63, 3.8) is 0 Å². The Morgan fingerprint density at radius 1 is 1.24 bits per heavy atom. The maximum absolute atomic E-state index is 10.8. The second-order valence-corrected chi connectivity index (χ2v) is 4.54. The molecule has 0 fully saturated rings. The van der Waals surface area contributed by atoms with Gasteiger partial charge in [0.2, 0.25) is 5.88 Å². The lowest BCUT2D eigenvalue weighted by Gasteiger charge is -2.12. The van der Waals surface area contributed by atoms with Crippen molar-refractivity contribution in [1.82, 2.24) is 9.97 Å². The van der Waals surface area contributed by atoms with Gasteiger partial charge in [-0.1, -0.05) is 11.6 Å². The Morgan fingerprint density at radius 3 is 2.57 bits per heavy atom. The van der Waals surface area contributed by atoms with E-state index in [0.29, 0.717) is 22.3 Å². The van der Waals surface area contributed by atoms with Gasteiger partial charge in [-0.05, 0) is 19.9 Å². The fourth-order valence-electron chi connectivity index (χ4n) is 1.63. The normalized spacial score (nSPS) is 10.3. The van der Waals surface area contributed by atoms with E-state index in [1.165, 1.54) is 25.3 Å². The lowest BCUT2D eigenvalue weighted by Crippen LogP contribution is -1.99. The number of aromatic nitrogens is 2. The van der Waals surface area contributed by atoms with Crippen molar-refractivity contribution in [2.45, 2.75) is 13.8 Å². The number of methoxy groups -OCH3 is 1. The second-order valence-electron chi connectivity index (χ2n) is 4.19. The smallest absolute Gasteiger partial charge is 0.273 e. The lowest BCUT2D eigenvalue weighted by atomic mass is 10.3. The van der Waals surface area contributed by atoms with Gasteiger partial charge in [-0.3, -0.25) is 10.1 Å². The van der Waals surface area contributed by atoms with Crippen LogP contribution in [0, 0.1) is 24.0 Å². The number of benzene rings is 1. The zero-order valence-corrected chi connectivity index (χ0v) is 12.3. The number of halogens is 1. The summed E-state index contributed by atoms with van der Waals surface area (Å²) in [6.07, 6.45) is 0. The minimum atomic E-state index is -0.511. The number of aryl methyl sites for hydroxylation is 1. The Kier molecular flexibility index (Phi) is 4.23. The molecule has 0 saturated heterocycles. The Balaban J connectivity index is 2.42. The molecule has 8 heteroatoms. The largest absolute Gasteiger partial charge is 0.493 e. The minimum Gasteiger partial charge on any atom is -0.493 e. The molecule has 1 aromatic heterocycles. The monoisotopic (exact) mass is 309 g/mol. The molecule has 21 heavy (non-hydrogen) atoms. The quantitative estimate of drug-likeness (QED) is 0.488. The Bertz CT molecular complexity index is 706. The minimum absolute atomic E-state index is 0.0900. The molecule has 0 spiro atoms. The molecule has 0 radical (unpaired) electrons. The van der Waals surface area contributed by atoms with E-state index in [1.54, 1.807) is 13.8 Å². The van der Waals surface area contributed by atoms with Crippen LogP contribution in [0.4, 0.5) is 5.69 Å².